The van der Waals surface area contributed by atoms with Crippen molar-refractivity contribution in [1.29, 1.82) is 0 Å². The molecule has 0 aliphatic rings. The van der Waals surface area contributed by atoms with Gasteiger partial charge in [-0.25, -0.2) is 4.98 Å². The summed E-state index contributed by atoms with van der Waals surface area (Å²) in [7, 11) is 0. The predicted octanol–water partition coefficient (Wildman–Crippen LogP) is 15.2. The zero-order valence-corrected chi connectivity index (χ0v) is 32.0. The van der Waals surface area contributed by atoms with Gasteiger partial charge in [0, 0.05) is 38.3 Å². The summed E-state index contributed by atoms with van der Waals surface area (Å²) in [6.45, 7) is 0. The Kier molecular flexibility index (Phi) is 7.50. The van der Waals surface area contributed by atoms with Gasteiger partial charge in [0.1, 0.15) is 11.4 Å². The van der Waals surface area contributed by atoms with Crippen LogP contribution in [0, 0.1) is 0 Å². The van der Waals surface area contributed by atoms with E-state index in [0.29, 0.717) is 0 Å². The van der Waals surface area contributed by atoms with E-state index in [1.54, 1.807) is 0 Å². The number of hydrogen-bond acceptors (Lipinski definition) is 3. The molecule has 0 spiro atoms. The van der Waals surface area contributed by atoms with Crippen molar-refractivity contribution >= 4 is 82.5 Å². The fourth-order valence-electron chi connectivity index (χ4n) is 9.08. The van der Waals surface area contributed by atoms with Gasteiger partial charge in [-0.05, 0) is 99.1 Å². The van der Waals surface area contributed by atoms with E-state index in [9.17, 15) is 0 Å². The molecular formula is C55H35N3O. The van der Waals surface area contributed by atoms with Crippen LogP contribution in [0.2, 0.25) is 0 Å². The highest BCUT2D eigenvalue weighted by atomic mass is 16.3. The lowest BCUT2D eigenvalue weighted by molar-refractivity contribution is 0.667. The molecule has 0 amide bonds. The van der Waals surface area contributed by atoms with Crippen molar-refractivity contribution in [3.05, 3.63) is 212 Å². The fraction of sp³-hybridized carbons (Fsp3) is 0. The Morgan fingerprint density at radius 2 is 1.07 bits per heavy atom. The molecule has 9 aromatic carbocycles. The second-order valence-corrected chi connectivity index (χ2v) is 15.2. The molecule has 4 nitrogen and oxygen atoms in total. The molecule has 0 saturated heterocycles. The van der Waals surface area contributed by atoms with Crippen LogP contribution >= 0.6 is 0 Å². The van der Waals surface area contributed by atoms with Crippen LogP contribution in [0.15, 0.2) is 217 Å². The van der Waals surface area contributed by atoms with E-state index in [1.807, 2.05) is 18.3 Å². The Morgan fingerprint density at radius 3 is 1.86 bits per heavy atom. The van der Waals surface area contributed by atoms with Gasteiger partial charge in [-0.15, -0.1) is 0 Å². The molecule has 59 heavy (non-hydrogen) atoms. The van der Waals surface area contributed by atoms with Crippen LogP contribution < -0.4 is 4.90 Å². The molecule has 0 unspecified atom stereocenters. The zero-order valence-electron chi connectivity index (χ0n) is 32.0. The number of aromatic nitrogens is 2. The van der Waals surface area contributed by atoms with Crippen molar-refractivity contribution in [3.8, 4) is 27.9 Å². The first kappa shape index (κ1) is 33.2. The second kappa shape index (κ2) is 13.3. The summed E-state index contributed by atoms with van der Waals surface area (Å²) in [6.07, 6.45) is 1.86. The molecule has 4 heteroatoms. The molecule has 0 radical (unpaired) electrons. The number of rotatable bonds is 6. The Hall–Kier alpha value is -7.95. The van der Waals surface area contributed by atoms with Crippen LogP contribution in [0.1, 0.15) is 0 Å². The van der Waals surface area contributed by atoms with Crippen LogP contribution in [0.25, 0.3) is 93.2 Å². The molecule has 0 aliphatic carbocycles. The lowest BCUT2D eigenvalue weighted by Crippen LogP contribution is -2.12. The highest BCUT2D eigenvalue weighted by Crippen LogP contribution is 2.43. The van der Waals surface area contributed by atoms with Crippen LogP contribution in [-0.4, -0.2) is 9.55 Å². The van der Waals surface area contributed by atoms with Crippen molar-refractivity contribution in [3.63, 3.8) is 0 Å². The number of anilines is 3. The minimum atomic E-state index is 0.764. The van der Waals surface area contributed by atoms with Crippen LogP contribution in [0.4, 0.5) is 17.2 Å². The van der Waals surface area contributed by atoms with Gasteiger partial charge in [-0.2, -0.15) is 0 Å². The molecule has 3 aromatic heterocycles. The summed E-state index contributed by atoms with van der Waals surface area (Å²) in [5.74, 6) is 0.804. The molecule has 0 atom stereocenters. The number of hydrogen-bond donors (Lipinski definition) is 0. The van der Waals surface area contributed by atoms with E-state index >= 15 is 0 Å². The number of nitrogens with zero attached hydrogens (tertiary/aromatic N) is 3. The molecule has 0 bridgehead atoms. The molecule has 0 N–H and O–H groups in total. The first-order valence-corrected chi connectivity index (χ1v) is 20.0. The quantitative estimate of drug-likeness (QED) is 0.170. The fourth-order valence-corrected chi connectivity index (χ4v) is 9.08. The minimum absolute atomic E-state index is 0.764. The van der Waals surface area contributed by atoms with E-state index in [1.165, 1.54) is 38.0 Å². The standard InChI is InChI=1S/C55H35N3O/c1-3-14-36(15-4-1)40-30-41(37-16-5-2-6-17-37)33-43(32-40)57(54-34-48-46-21-10-12-25-52(46)59-53(48)35-56-54)42-27-28-44-39(31-42)19-13-24-49(44)58-50-23-11-9-22-47(50)55-45-20-8-7-18-38(45)26-29-51(55)58/h1-35H. The number of pyridine rings is 1. The third kappa shape index (κ3) is 5.42. The Balaban J connectivity index is 1.10. The van der Waals surface area contributed by atoms with Gasteiger partial charge in [-0.1, -0.05) is 146 Å². The van der Waals surface area contributed by atoms with Gasteiger partial charge in [0.15, 0.2) is 5.58 Å². The number of fused-ring (bicyclic) bond motifs is 9. The van der Waals surface area contributed by atoms with Gasteiger partial charge in [0.25, 0.3) is 0 Å². The van der Waals surface area contributed by atoms with Gasteiger partial charge in [0.2, 0.25) is 0 Å². The molecule has 12 rings (SSSR count). The molecule has 0 saturated carbocycles. The van der Waals surface area contributed by atoms with E-state index in [-0.39, 0.29) is 0 Å². The lowest BCUT2D eigenvalue weighted by atomic mass is 9.97. The summed E-state index contributed by atoms with van der Waals surface area (Å²) in [5.41, 5.74) is 11.7. The molecule has 3 heterocycles. The average Bonchev–Trinajstić information content (AvgIpc) is 3.85. The van der Waals surface area contributed by atoms with Crippen molar-refractivity contribution in [1.82, 2.24) is 9.55 Å². The number of benzene rings is 9. The molecule has 0 fully saturated rings. The summed E-state index contributed by atoms with van der Waals surface area (Å²) in [6, 6.07) is 73.9. The highest BCUT2D eigenvalue weighted by molar-refractivity contribution is 6.21. The van der Waals surface area contributed by atoms with Crippen molar-refractivity contribution < 1.29 is 4.42 Å². The summed E-state index contributed by atoms with van der Waals surface area (Å²) >= 11 is 0. The third-order valence-electron chi connectivity index (χ3n) is 11.8. The normalized spacial score (nSPS) is 11.7. The van der Waals surface area contributed by atoms with Gasteiger partial charge in [-0.3, -0.25) is 4.90 Å². The van der Waals surface area contributed by atoms with Crippen molar-refractivity contribution in [2.75, 3.05) is 4.90 Å². The van der Waals surface area contributed by atoms with Crippen LogP contribution in [0.3, 0.4) is 0 Å². The number of para-hydroxylation sites is 2. The minimum Gasteiger partial charge on any atom is -0.454 e. The molecule has 0 aliphatic heterocycles. The highest BCUT2D eigenvalue weighted by Gasteiger charge is 2.21. The van der Waals surface area contributed by atoms with E-state index in [0.717, 1.165) is 72.5 Å². The largest absolute Gasteiger partial charge is 0.454 e. The summed E-state index contributed by atoms with van der Waals surface area (Å²) in [4.78, 5) is 7.41. The van der Waals surface area contributed by atoms with E-state index in [4.69, 9.17) is 9.40 Å². The molecule has 12 aromatic rings. The second-order valence-electron chi connectivity index (χ2n) is 15.2. The predicted molar refractivity (Wildman–Crippen MR) is 246 cm³/mol. The van der Waals surface area contributed by atoms with Crippen LogP contribution in [0.5, 0.6) is 0 Å². The maximum Gasteiger partial charge on any atom is 0.153 e. The maximum atomic E-state index is 6.26. The maximum absolute atomic E-state index is 6.26. The van der Waals surface area contributed by atoms with Gasteiger partial charge >= 0.3 is 0 Å². The molecule has 276 valence electrons. The monoisotopic (exact) mass is 753 g/mol. The van der Waals surface area contributed by atoms with Crippen molar-refractivity contribution in [2.45, 2.75) is 0 Å². The number of furan rings is 1. The van der Waals surface area contributed by atoms with Gasteiger partial charge in [0.05, 0.1) is 22.9 Å². The summed E-state index contributed by atoms with van der Waals surface area (Å²) < 4.78 is 8.70. The van der Waals surface area contributed by atoms with Crippen LogP contribution in [-0.2, 0) is 0 Å². The first-order valence-electron chi connectivity index (χ1n) is 20.0. The smallest absolute Gasteiger partial charge is 0.153 e. The lowest BCUT2D eigenvalue weighted by Gasteiger charge is -2.26. The average molecular weight is 754 g/mol. The zero-order chi connectivity index (χ0) is 38.9. The third-order valence-corrected chi connectivity index (χ3v) is 11.8. The Bertz CT molecular complexity index is 3510. The van der Waals surface area contributed by atoms with E-state index < -0.39 is 0 Å². The Labute approximate surface area is 340 Å². The van der Waals surface area contributed by atoms with Crippen molar-refractivity contribution in [2.24, 2.45) is 0 Å². The summed E-state index contributed by atoms with van der Waals surface area (Å²) in [5, 5.41) is 9.43. The molecular weight excluding hydrogens is 719 g/mol. The first-order chi connectivity index (χ1) is 29.2. The SMILES string of the molecule is c1ccc(-c2cc(-c3ccccc3)cc(N(c3ccc4c(-n5c6ccccc6c6c7ccccc7ccc65)cccc4c3)c3cc4c(cn3)oc3ccccc34)c2)cc1. The Morgan fingerprint density at radius 1 is 0.390 bits per heavy atom. The van der Waals surface area contributed by atoms with E-state index in [2.05, 4.69) is 204 Å². The topological polar surface area (TPSA) is 34.2 Å². The van der Waals surface area contributed by atoms with Gasteiger partial charge < -0.3 is 8.98 Å².